The topological polar surface area (TPSA) is 104 Å². The normalized spacial score (nSPS) is 32.1. The second-order valence-corrected chi connectivity index (χ2v) is 10.5. The van der Waals surface area contributed by atoms with Crippen LogP contribution in [-0.2, 0) is 22.7 Å². The number of fused-ring (bicyclic) bond motifs is 1. The minimum Gasteiger partial charge on any atom is -0.462 e. The van der Waals surface area contributed by atoms with Crippen LogP contribution >= 0.6 is 0 Å². The van der Waals surface area contributed by atoms with Gasteiger partial charge in [-0.15, -0.1) is 0 Å². The van der Waals surface area contributed by atoms with Crippen LogP contribution in [0.5, 0.6) is 0 Å². The van der Waals surface area contributed by atoms with Crippen molar-refractivity contribution in [1.29, 1.82) is 0 Å². The molecular weight excluding hydrogens is 396 g/mol. The molecule has 2 aliphatic carbocycles. The molecule has 0 aromatic carbocycles. The van der Waals surface area contributed by atoms with Gasteiger partial charge >= 0.3 is 0 Å². The van der Waals surface area contributed by atoms with Gasteiger partial charge in [-0.25, -0.2) is 0 Å². The van der Waals surface area contributed by atoms with Gasteiger partial charge in [-0.3, -0.25) is 4.79 Å². The zero-order valence-electron chi connectivity index (χ0n) is 19.5. The Labute approximate surface area is 185 Å². The van der Waals surface area contributed by atoms with E-state index in [0.717, 1.165) is 37.9 Å². The van der Waals surface area contributed by atoms with E-state index in [1.165, 1.54) is 0 Å². The zero-order valence-corrected chi connectivity index (χ0v) is 19.5. The summed E-state index contributed by atoms with van der Waals surface area (Å²) in [7, 11) is 1.63. The number of aliphatic hydroxyl groups excluding tert-OH is 1. The monoisotopic (exact) mass is 436 g/mol. The fraction of sp³-hybridized carbons (Fsp3) is 0.792. The Morgan fingerprint density at radius 1 is 1.23 bits per heavy atom. The number of carbonyl (C=O) groups excluding carboxylic acids is 1. The molecule has 7 nitrogen and oxygen atoms in total. The number of furan rings is 1. The molecule has 0 spiro atoms. The largest absolute Gasteiger partial charge is 0.462 e. The van der Waals surface area contributed by atoms with E-state index in [1.807, 2.05) is 13.0 Å². The Morgan fingerprint density at radius 3 is 2.65 bits per heavy atom. The standard InChI is InChI=1S/C24H40N2O5/c1-22(2)14-20(26-15-17-5-6-18(16-27)31-17)24(8-7-21(28)25-11-12-30-4)10-9-23(3,29)13-19(22)24/h5-6,19-20,26-27,29H,7-16H2,1-4H3,(H,25,28)/t19-,20-,23-,24-/m0/s1. The highest BCUT2D eigenvalue weighted by Gasteiger charge is 2.61. The molecule has 3 rings (SSSR count). The zero-order chi connectivity index (χ0) is 22.7. The third-order valence-corrected chi connectivity index (χ3v) is 7.68. The number of hydrogen-bond acceptors (Lipinski definition) is 6. The maximum Gasteiger partial charge on any atom is 0.220 e. The van der Waals surface area contributed by atoms with Crippen molar-refractivity contribution in [1.82, 2.24) is 10.6 Å². The number of rotatable bonds is 10. The molecule has 0 bridgehead atoms. The van der Waals surface area contributed by atoms with E-state index in [0.29, 0.717) is 37.8 Å². The second-order valence-electron chi connectivity index (χ2n) is 10.5. The predicted molar refractivity (Wildman–Crippen MR) is 118 cm³/mol. The molecular formula is C24H40N2O5. The Balaban J connectivity index is 1.76. The number of nitrogens with one attached hydrogen (secondary N) is 2. The van der Waals surface area contributed by atoms with Crippen molar-refractivity contribution < 1.29 is 24.2 Å². The van der Waals surface area contributed by atoms with Gasteiger partial charge in [0.1, 0.15) is 18.1 Å². The van der Waals surface area contributed by atoms with Gasteiger partial charge < -0.3 is 30.0 Å². The molecule has 4 N–H and O–H groups in total. The first-order chi connectivity index (χ1) is 14.6. The van der Waals surface area contributed by atoms with Crippen LogP contribution in [0.15, 0.2) is 16.5 Å². The summed E-state index contributed by atoms with van der Waals surface area (Å²) in [5.41, 5.74) is -0.636. The average Bonchev–Trinajstić information content (AvgIpc) is 3.26. The minimum absolute atomic E-state index is 0.0449. The second kappa shape index (κ2) is 9.61. The first kappa shape index (κ1) is 24.2. The molecule has 31 heavy (non-hydrogen) atoms. The van der Waals surface area contributed by atoms with Crippen LogP contribution < -0.4 is 10.6 Å². The molecule has 1 amide bonds. The summed E-state index contributed by atoms with van der Waals surface area (Å²) in [6.07, 6.45) is 4.68. The summed E-state index contributed by atoms with van der Waals surface area (Å²) in [5, 5.41) is 26.8. The maximum absolute atomic E-state index is 12.5. The number of hydrogen-bond donors (Lipinski definition) is 4. The minimum atomic E-state index is -0.655. The molecule has 4 atom stereocenters. The van der Waals surface area contributed by atoms with Crippen molar-refractivity contribution >= 4 is 5.91 Å². The first-order valence-corrected chi connectivity index (χ1v) is 11.5. The highest BCUT2D eigenvalue weighted by atomic mass is 16.5. The smallest absolute Gasteiger partial charge is 0.220 e. The lowest BCUT2D eigenvalue weighted by Gasteiger charge is -2.51. The van der Waals surface area contributed by atoms with Crippen LogP contribution in [0.1, 0.15) is 70.8 Å². The molecule has 0 saturated heterocycles. The van der Waals surface area contributed by atoms with E-state index in [4.69, 9.17) is 9.15 Å². The lowest BCUT2D eigenvalue weighted by atomic mass is 9.57. The van der Waals surface area contributed by atoms with Gasteiger partial charge in [0.2, 0.25) is 5.91 Å². The van der Waals surface area contributed by atoms with Crippen molar-refractivity contribution in [2.45, 2.75) is 84.1 Å². The molecule has 2 aliphatic rings. The molecule has 1 aromatic heterocycles. The van der Waals surface area contributed by atoms with Gasteiger partial charge in [-0.05, 0) is 67.9 Å². The van der Waals surface area contributed by atoms with E-state index in [1.54, 1.807) is 13.2 Å². The lowest BCUT2D eigenvalue weighted by molar-refractivity contribution is -0.123. The quantitative estimate of drug-likeness (QED) is 0.421. The van der Waals surface area contributed by atoms with Crippen molar-refractivity contribution in [2.75, 3.05) is 20.3 Å². The van der Waals surface area contributed by atoms with Crippen LogP contribution in [0, 0.1) is 16.7 Å². The highest BCUT2D eigenvalue weighted by molar-refractivity contribution is 5.75. The Bertz CT molecular complexity index is 744. The van der Waals surface area contributed by atoms with Gasteiger partial charge in [0, 0.05) is 26.1 Å². The van der Waals surface area contributed by atoms with Crippen molar-refractivity contribution in [3.05, 3.63) is 23.7 Å². The summed E-state index contributed by atoms with van der Waals surface area (Å²) >= 11 is 0. The van der Waals surface area contributed by atoms with Crippen LogP contribution in [0.25, 0.3) is 0 Å². The molecule has 0 aliphatic heterocycles. The molecule has 7 heteroatoms. The number of methoxy groups -OCH3 is 1. The Hall–Kier alpha value is -1.41. The van der Waals surface area contributed by atoms with Gasteiger partial charge in [0.15, 0.2) is 0 Å². The molecule has 176 valence electrons. The van der Waals surface area contributed by atoms with Crippen molar-refractivity contribution in [3.8, 4) is 0 Å². The van der Waals surface area contributed by atoms with E-state index in [9.17, 15) is 15.0 Å². The molecule has 1 heterocycles. The molecule has 1 aromatic rings. The van der Waals surface area contributed by atoms with Crippen molar-refractivity contribution in [2.24, 2.45) is 16.7 Å². The van der Waals surface area contributed by atoms with Crippen LogP contribution in [0.4, 0.5) is 0 Å². The number of carbonyl (C=O) groups is 1. The summed E-state index contributed by atoms with van der Waals surface area (Å²) in [4.78, 5) is 12.5. The van der Waals surface area contributed by atoms with E-state index in [2.05, 4.69) is 24.5 Å². The van der Waals surface area contributed by atoms with Gasteiger partial charge in [-0.2, -0.15) is 0 Å². The summed E-state index contributed by atoms with van der Waals surface area (Å²) < 4.78 is 10.7. The number of aliphatic hydroxyl groups is 2. The van der Waals surface area contributed by atoms with E-state index >= 15 is 0 Å². The Kier molecular flexibility index (Phi) is 7.51. The maximum atomic E-state index is 12.5. The molecule has 0 radical (unpaired) electrons. The number of amides is 1. The van der Waals surface area contributed by atoms with Gasteiger partial charge in [0.25, 0.3) is 0 Å². The van der Waals surface area contributed by atoms with Crippen LogP contribution in [-0.4, -0.2) is 48.0 Å². The predicted octanol–water partition coefficient (Wildman–Crippen LogP) is 2.74. The van der Waals surface area contributed by atoms with Gasteiger partial charge in [0.05, 0.1) is 18.8 Å². The van der Waals surface area contributed by atoms with Crippen LogP contribution in [0.2, 0.25) is 0 Å². The summed E-state index contributed by atoms with van der Waals surface area (Å²) in [6, 6.07) is 3.94. The number of ether oxygens (including phenoxy) is 1. The van der Waals surface area contributed by atoms with Crippen molar-refractivity contribution in [3.63, 3.8) is 0 Å². The summed E-state index contributed by atoms with van der Waals surface area (Å²) in [5.74, 6) is 1.76. The SMILES string of the molecule is COCCNC(=O)CC[C@]12CC[C@](C)(O)C[C@H]1C(C)(C)C[C@@H]2NCc1ccc(CO)o1. The fourth-order valence-electron chi connectivity index (χ4n) is 6.07. The molecule has 2 fully saturated rings. The highest BCUT2D eigenvalue weighted by Crippen LogP contribution is 2.63. The third kappa shape index (κ3) is 5.51. The fourth-order valence-corrected chi connectivity index (χ4v) is 6.07. The van der Waals surface area contributed by atoms with Crippen LogP contribution in [0.3, 0.4) is 0 Å². The molecule has 2 saturated carbocycles. The van der Waals surface area contributed by atoms with E-state index in [-0.39, 0.29) is 29.4 Å². The molecule has 0 unspecified atom stereocenters. The summed E-state index contributed by atoms with van der Waals surface area (Å²) in [6.45, 7) is 8.07. The average molecular weight is 437 g/mol. The lowest BCUT2D eigenvalue weighted by Crippen LogP contribution is -2.51. The Morgan fingerprint density at radius 2 is 1.97 bits per heavy atom. The first-order valence-electron chi connectivity index (χ1n) is 11.5. The third-order valence-electron chi connectivity index (χ3n) is 7.68. The van der Waals surface area contributed by atoms with E-state index < -0.39 is 5.60 Å². The van der Waals surface area contributed by atoms with Gasteiger partial charge in [-0.1, -0.05) is 13.8 Å².